The van der Waals surface area contributed by atoms with Crippen molar-refractivity contribution in [3.63, 3.8) is 0 Å². The number of likely N-dealkylation sites (tertiary alicyclic amines) is 1. The van der Waals surface area contributed by atoms with Crippen molar-refractivity contribution < 1.29 is 0 Å². The Hall–Kier alpha value is 0.410. The molecule has 2 atom stereocenters. The van der Waals surface area contributed by atoms with Crippen molar-refractivity contribution in [2.75, 3.05) is 19.6 Å². The number of rotatable bonds is 1. The monoisotopic (exact) mass is 292 g/mol. The van der Waals surface area contributed by atoms with Crippen molar-refractivity contribution in [2.45, 2.75) is 9.65 Å². The van der Waals surface area contributed by atoms with Crippen LogP contribution in [0.3, 0.4) is 0 Å². The first-order chi connectivity index (χ1) is 5.66. The van der Waals surface area contributed by atoms with Gasteiger partial charge in [0.25, 0.3) is 0 Å². The van der Waals surface area contributed by atoms with Gasteiger partial charge in [0.15, 0.2) is 0 Å². The molecule has 2 rings (SSSR count). The lowest BCUT2D eigenvalue weighted by atomic mass is 10.1. The topological polar surface area (TPSA) is 27.0 Å². The third-order valence-electron chi connectivity index (χ3n) is 2.87. The van der Waals surface area contributed by atoms with E-state index < -0.39 is 0 Å². The minimum Gasteiger partial charge on any atom is -0.290 e. The maximum Gasteiger partial charge on any atom is 0.0881 e. The average Bonchev–Trinajstić information content (AvgIpc) is 2.55. The fourth-order valence-corrected chi connectivity index (χ4v) is 3.80. The molecule has 0 bridgehead atoms. The van der Waals surface area contributed by atoms with Gasteiger partial charge in [-0.3, -0.25) is 4.90 Å². The van der Waals surface area contributed by atoms with Crippen LogP contribution in [-0.2, 0) is 0 Å². The van der Waals surface area contributed by atoms with Gasteiger partial charge in [-0.25, -0.2) is 0 Å². The van der Waals surface area contributed by atoms with Crippen LogP contribution in [0.15, 0.2) is 0 Å². The van der Waals surface area contributed by atoms with Crippen LogP contribution >= 0.6 is 31.9 Å². The van der Waals surface area contributed by atoms with E-state index in [1.54, 1.807) is 0 Å². The summed E-state index contributed by atoms with van der Waals surface area (Å²) < 4.78 is 0.199. The van der Waals surface area contributed by atoms with E-state index >= 15 is 0 Å². The Bertz CT molecular complexity index is 234. The van der Waals surface area contributed by atoms with Crippen LogP contribution in [0.2, 0.25) is 0 Å². The first-order valence-electron chi connectivity index (χ1n) is 4.13. The summed E-state index contributed by atoms with van der Waals surface area (Å²) in [4.78, 5) is 2.23. The summed E-state index contributed by atoms with van der Waals surface area (Å²) in [6.45, 7) is 2.72. The summed E-state index contributed by atoms with van der Waals surface area (Å²) >= 11 is 7.33. The molecule has 0 aromatic rings. The zero-order valence-electron chi connectivity index (χ0n) is 6.63. The summed E-state index contributed by atoms with van der Waals surface area (Å²) in [6, 6.07) is 2.20. The second kappa shape index (κ2) is 2.97. The Morgan fingerprint density at radius 3 is 2.83 bits per heavy atom. The third kappa shape index (κ3) is 1.32. The van der Waals surface area contributed by atoms with Gasteiger partial charge in [0.1, 0.15) is 0 Å². The number of hydrogen-bond donors (Lipinski definition) is 0. The molecule has 1 aliphatic heterocycles. The highest BCUT2D eigenvalue weighted by Crippen LogP contribution is 2.64. The Kier molecular flexibility index (Phi) is 2.22. The minimum absolute atomic E-state index is 0.199. The lowest BCUT2D eigenvalue weighted by Gasteiger charge is -2.22. The fraction of sp³-hybridized carbons (Fsp3) is 0.875. The van der Waals surface area contributed by atoms with Crippen LogP contribution in [0.25, 0.3) is 0 Å². The average molecular weight is 294 g/mol. The van der Waals surface area contributed by atoms with Gasteiger partial charge in [-0.15, -0.1) is 0 Å². The number of halogens is 2. The molecule has 0 aromatic heterocycles. The second-order valence-electron chi connectivity index (χ2n) is 3.57. The van der Waals surface area contributed by atoms with Crippen molar-refractivity contribution in [1.82, 2.24) is 4.90 Å². The number of hydrogen-bond acceptors (Lipinski definition) is 2. The lowest BCUT2D eigenvalue weighted by molar-refractivity contribution is 0.244. The molecule has 12 heavy (non-hydrogen) atoms. The molecule has 1 aliphatic carbocycles. The molecule has 2 fully saturated rings. The fourth-order valence-electron chi connectivity index (χ4n) is 2.04. The number of nitriles is 1. The molecule has 0 amide bonds. The van der Waals surface area contributed by atoms with Gasteiger partial charge in [0.05, 0.1) is 15.8 Å². The molecule has 4 heteroatoms. The molecule has 66 valence electrons. The van der Waals surface area contributed by atoms with E-state index in [9.17, 15) is 0 Å². The lowest BCUT2D eigenvalue weighted by Crippen LogP contribution is -2.31. The predicted molar refractivity (Wildman–Crippen MR) is 54.2 cm³/mol. The van der Waals surface area contributed by atoms with E-state index in [-0.39, 0.29) is 3.23 Å². The Morgan fingerprint density at radius 2 is 2.25 bits per heavy atom. The summed E-state index contributed by atoms with van der Waals surface area (Å²) in [7, 11) is 0. The highest BCUT2D eigenvalue weighted by atomic mass is 79.9. The van der Waals surface area contributed by atoms with Gasteiger partial charge in [0, 0.05) is 12.5 Å². The molecule has 2 nitrogen and oxygen atoms in total. The molecule has 0 radical (unpaired) electrons. The van der Waals surface area contributed by atoms with Crippen LogP contribution in [0.4, 0.5) is 0 Å². The van der Waals surface area contributed by atoms with Gasteiger partial charge in [0.2, 0.25) is 0 Å². The zero-order chi connectivity index (χ0) is 8.77. The number of nitrogens with zero attached hydrogens (tertiary/aromatic N) is 2. The maximum atomic E-state index is 8.53. The number of alkyl halides is 2. The summed E-state index contributed by atoms with van der Waals surface area (Å²) in [5, 5.41) is 8.53. The van der Waals surface area contributed by atoms with Gasteiger partial charge < -0.3 is 0 Å². The Labute approximate surface area is 89.2 Å². The Balaban J connectivity index is 1.93. The quantitative estimate of drug-likeness (QED) is 0.546. The molecule has 2 aliphatic rings. The predicted octanol–water partition coefficient (Wildman–Crippen LogP) is 1.95. The summed E-state index contributed by atoms with van der Waals surface area (Å²) in [5.74, 6) is 1.49. The van der Waals surface area contributed by atoms with E-state index in [0.717, 1.165) is 19.0 Å². The first kappa shape index (κ1) is 8.98. The van der Waals surface area contributed by atoms with Gasteiger partial charge >= 0.3 is 0 Å². The normalized spacial score (nSPS) is 38.4. The van der Waals surface area contributed by atoms with Crippen LogP contribution in [0.1, 0.15) is 6.42 Å². The van der Waals surface area contributed by atoms with Crippen LogP contribution in [0.5, 0.6) is 0 Å². The second-order valence-corrected chi connectivity index (χ2v) is 7.26. The highest BCUT2D eigenvalue weighted by Gasteiger charge is 2.62. The van der Waals surface area contributed by atoms with Gasteiger partial charge in [-0.1, -0.05) is 31.9 Å². The standard InChI is InChI=1S/C8H10Br2N2/c9-8(10)6-1-3-12(4-2-11)5-7(6)8/h6-7H,1,3-5H2/t6-,7+/m0/s1. The van der Waals surface area contributed by atoms with Crippen molar-refractivity contribution in [3.8, 4) is 6.07 Å². The van der Waals surface area contributed by atoms with Gasteiger partial charge in [-0.05, 0) is 18.9 Å². The van der Waals surface area contributed by atoms with Crippen molar-refractivity contribution >= 4 is 31.9 Å². The van der Waals surface area contributed by atoms with E-state index in [0.29, 0.717) is 12.5 Å². The highest BCUT2D eigenvalue weighted by molar-refractivity contribution is 9.25. The molecule has 0 spiro atoms. The molecular weight excluding hydrogens is 284 g/mol. The van der Waals surface area contributed by atoms with Gasteiger partial charge in [-0.2, -0.15) is 5.26 Å². The van der Waals surface area contributed by atoms with E-state index in [2.05, 4.69) is 42.8 Å². The van der Waals surface area contributed by atoms with Crippen LogP contribution in [-0.4, -0.2) is 27.8 Å². The molecule has 1 saturated carbocycles. The van der Waals surface area contributed by atoms with E-state index in [4.69, 9.17) is 5.26 Å². The number of fused-ring (bicyclic) bond motifs is 1. The van der Waals surface area contributed by atoms with E-state index in [1.165, 1.54) is 6.42 Å². The molecule has 0 aromatic carbocycles. The van der Waals surface area contributed by atoms with Crippen LogP contribution < -0.4 is 0 Å². The van der Waals surface area contributed by atoms with Crippen LogP contribution in [0, 0.1) is 23.2 Å². The molecular formula is C8H10Br2N2. The third-order valence-corrected chi connectivity index (χ3v) is 5.22. The molecule has 1 saturated heterocycles. The van der Waals surface area contributed by atoms with Crippen molar-refractivity contribution in [3.05, 3.63) is 0 Å². The zero-order valence-corrected chi connectivity index (χ0v) is 9.81. The summed E-state index contributed by atoms with van der Waals surface area (Å²) in [6.07, 6.45) is 1.21. The largest absolute Gasteiger partial charge is 0.290 e. The van der Waals surface area contributed by atoms with Crippen molar-refractivity contribution in [1.29, 1.82) is 5.26 Å². The smallest absolute Gasteiger partial charge is 0.0881 e. The summed E-state index contributed by atoms with van der Waals surface area (Å²) in [5.41, 5.74) is 0. The van der Waals surface area contributed by atoms with Crippen molar-refractivity contribution in [2.24, 2.45) is 11.8 Å². The number of piperidine rings is 1. The molecule has 0 unspecified atom stereocenters. The molecule has 0 N–H and O–H groups in total. The first-order valence-corrected chi connectivity index (χ1v) is 5.72. The minimum atomic E-state index is 0.199. The maximum absolute atomic E-state index is 8.53. The molecule has 1 heterocycles. The SMILES string of the molecule is N#CCN1CC[C@H]2[C@@H](C1)C2(Br)Br. The van der Waals surface area contributed by atoms with E-state index in [1.807, 2.05) is 0 Å². The Morgan fingerprint density at radius 1 is 1.50 bits per heavy atom.